The summed E-state index contributed by atoms with van der Waals surface area (Å²) in [4.78, 5) is 77.9. The topological polar surface area (TPSA) is 874 Å². The quantitative estimate of drug-likeness (QED) is 0.0284. The minimum atomic E-state index is -3.36. The molecule has 0 aliphatic carbocycles. The summed E-state index contributed by atoms with van der Waals surface area (Å²) < 4.78 is 101. The van der Waals surface area contributed by atoms with Gasteiger partial charge in [-0.3, -0.25) is 19.2 Å². The zero-order valence-corrected chi connectivity index (χ0v) is 66.0. The van der Waals surface area contributed by atoms with E-state index >= 15 is 0 Å². The molecule has 9 heterocycles. The number of carboxylic acids is 2. The Balaban J connectivity index is 1.04. The average molecular weight is 1800 g/mol. The van der Waals surface area contributed by atoms with Crippen LogP contribution in [0.1, 0.15) is 47.5 Å². The van der Waals surface area contributed by atoms with Crippen LogP contribution in [0, 0.1) is 0 Å². The van der Waals surface area contributed by atoms with Gasteiger partial charge < -0.3 is 245 Å². The van der Waals surface area contributed by atoms with Crippen molar-refractivity contribution in [1.29, 1.82) is 0 Å². The fraction of sp³-hybridized carbons (Fsp3) is 0.912. The number of nitrogens with one attached hydrogen (secondary N) is 4. The van der Waals surface area contributed by atoms with E-state index in [4.69, 9.17) is 80.5 Å². The van der Waals surface area contributed by atoms with E-state index in [1.807, 2.05) is 0 Å². The van der Waals surface area contributed by atoms with Gasteiger partial charge in [-0.2, -0.15) is 0 Å². The molecule has 9 aliphatic rings. The maximum absolute atomic E-state index is 13.6. The number of rotatable bonds is 34. The first-order valence-corrected chi connectivity index (χ1v) is 38.7. The van der Waals surface area contributed by atoms with E-state index in [-0.39, 0.29) is 0 Å². The van der Waals surface area contributed by atoms with E-state index in [0.717, 1.165) is 27.7 Å². The molecule has 710 valence electrons. The Hall–Kier alpha value is -4.90. The number of ether oxygens (including phenoxy) is 17. The van der Waals surface area contributed by atoms with Gasteiger partial charge in [-0.25, -0.2) is 9.59 Å². The molecular formula is C68H112N4O51. The highest BCUT2D eigenvalue weighted by Crippen LogP contribution is 2.43. The first-order valence-electron chi connectivity index (χ1n) is 38.7. The van der Waals surface area contributed by atoms with Crippen molar-refractivity contribution in [2.45, 2.75) is 335 Å². The third kappa shape index (κ3) is 22.4. The fourth-order valence-corrected chi connectivity index (χ4v) is 15.7. The van der Waals surface area contributed by atoms with Crippen LogP contribution in [-0.4, -0.2) is 519 Å². The lowest BCUT2D eigenvalue weighted by Gasteiger charge is -2.52. The summed E-state index contributed by atoms with van der Waals surface area (Å²) in [5.41, 5.74) is 0. The number of hydrogen-bond acceptors (Lipinski definition) is 49. The molecule has 55 nitrogen and oxygen atoms in total. The maximum atomic E-state index is 13.6. The highest BCUT2D eigenvalue weighted by Gasteiger charge is 2.64. The van der Waals surface area contributed by atoms with Gasteiger partial charge in [0.15, 0.2) is 44.0 Å². The normalized spacial score (nSPS) is 46.6. The number of aliphatic hydroxyl groups is 26. The Bertz CT molecular complexity index is 3430. The molecule has 0 bridgehead atoms. The first kappa shape index (κ1) is 102. The van der Waals surface area contributed by atoms with E-state index in [9.17, 15) is 172 Å². The standard InChI is InChI=1S/C68H112N4O51/c1-16-35(87)42(94)46(98)61(109-16)119-55-34(72-20(5)82)59(113-28(13-78)51(55)117-64-49(101)57(40(92)26(11-76)112-64)123-68(66(105)106)7-22(84)32(70-18(3)80)54(122-68)37(89)24(86)9-74)107-14-29-41(93)56(48(100)63(114-29)116-50-27(12-77)110-58(102)45(97)44(50)96)120-60-33(71-19(4)81)52(39(91)25(10-75)111-60)118-62-47(99)43(95)38(90)30(115-62)15-108-67(65(103)104)6-21(83)31(69-17(2)79)53(121-67)36(88)23(85)8-73/h16,21-64,73-78,83-102H,6-15H2,1-5H3,(H,69,79)(H,70,80)(H,71,81)(H,72,82)(H,103,104)(H,105,106)/t16-,21-,22-,23+,24+,25+,26+,27+,28+,29+,30+,31+,32+,33+,34+,35+,36+,37+,38-,39+,40-,41-,42+,43-,44+,45+,46-,47+,48+,49+,50+,51+,52+,53+,54+,55+,56-,57-,58?,59+,60-,61-,62-,63-,64?,67+,68-/m0/s1. The molecule has 0 aromatic rings. The van der Waals surface area contributed by atoms with Crippen LogP contribution < -0.4 is 21.3 Å². The van der Waals surface area contributed by atoms with Crippen LogP contribution in [0.4, 0.5) is 0 Å². The van der Waals surface area contributed by atoms with Gasteiger partial charge in [0.25, 0.3) is 11.6 Å². The molecule has 47 atom stereocenters. The summed E-state index contributed by atoms with van der Waals surface area (Å²) >= 11 is 0. The lowest BCUT2D eigenvalue weighted by molar-refractivity contribution is -0.394. The molecule has 2 unspecified atom stereocenters. The molecule has 123 heavy (non-hydrogen) atoms. The monoisotopic (exact) mass is 1800 g/mol. The molecule has 9 aliphatic heterocycles. The van der Waals surface area contributed by atoms with Crippen molar-refractivity contribution in [2.24, 2.45) is 0 Å². The molecule has 0 aromatic carbocycles. The van der Waals surface area contributed by atoms with Crippen LogP contribution >= 0.6 is 0 Å². The molecule has 55 heteroatoms. The predicted octanol–water partition coefficient (Wildman–Crippen LogP) is -20.6. The summed E-state index contributed by atoms with van der Waals surface area (Å²) in [7, 11) is 0. The van der Waals surface area contributed by atoms with Crippen molar-refractivity contribution in [3.63, 3.8) is 0 Å². The lowest BCUT2D eigenvalue weighted by Crippen LogP contribution is -2.71. The van der Waals surface area contributed by atoms with Gasteiger partial charge in [0.05, 0.1) is 83.3 Å². The van der Waals surface area contributed by atoms with E-state index in [2.05, 4.69) is 21.3 Å². The number of amides is 4. The van der Waals surface area contributed by atoms with Crippen LogP contribution in [-0.2, 0) is 109 Å². The van der Waals surface area contributed by atoms with E-state index in [0.29, 0.717) is 0 Å². The van der Waals surface area contributed by atoms with Gasteiger partial charge in [-0.05, 0) is 6.92 Å². The molecule has 9 rings (SSSR count). The molecule has 4 amide bonds. The van der Waals surface area contributed by atoms with E-state index < -0.39 is 389 Å². The Kier molecular flexibility index (Phi) is 35.8. The molecule has 0 aromatic heterocycles. The Morgan fingerprint density at radius 2 is 0.732 bits per heavy atom. The van der Waals surface area contributed by atoms with Crippen LogP contribution in [0.15, 0.2) is 0 Å². The van der Waals surface area contributed by atoms with Gasteiger partial charge in [0.1, 0.15) is 201 Å². The van der Waals surface area contributed by atoms with Gasteiger partial charge in [0.2, 0.25) is 23.6 Å². The number of carbonyl (C=O) groups excluding carboxylic acids is 4. The molecule has 0 saturated carbocycles. The lowest BCUT2D eigenvalue weighted by atomic mass is 9.88. The smallest absolute Gasteiger partial charge is 0.364 e. The van der Waals surface area contributed by atoms with Gasteiger partial charge in [-0.15, -0.1) is 0 Å². The van der Waals surface area contributed by atoms with Crippen molar-refractivity contribution < 1.29 is 252 Å². The zero-order valence-electron chi connectivity index (χ0n) is 66.0. The first-order chi connectivity index (χ1) is 57.8. The van der Waals surface area contributed by atoms with Gasteiger partial charge in [-0.1, -0.05) is 0 Å². The van der Waals surface area contributed by atoms with Crippen molar-refractivity contribution in [3.8, 4) is 0 Å². The third-order valence-corrected chi connectivity index (χ3v) is 22.3. The number of carboxylic acid groups (broad SMARTS) is 2. The number of hydrogen-bond donors (Lipinski definition) is 32. The van der Waals surface area contributed by atoms with Crippen LogP contribution in [0.5, 0.6) is 0 Å². The number of carbonyl (C=O) groups is 6. The Morgan fingerprint density at radius 1 is 0.358 bits per heavy atom. The molecule has 0 spiro atoms. The summed E-state index contributed by atoms with van der Waals surface area (Å²) in [6.45, 7) is -5.09. The highest BCUT2D eigenvalue weighted by atomic mass is 16.8. The average Bonchev–Trinajstić information content (AvgIpc) is 0.757. The Morgan fingerprint density at radius 3 is 1.23 bits per heavy atom. The second-order valence-electron chi connectivity index (χ2n) is 31.0. The molecule has 9 saturated heterocycles. The highest BCUT2D eigenvalue weighted by molar-refractivity contribution is 5.78. The summed E-state index contributed by atoms with van der Waals surface area (Å²) in [6, 6.07) is -7.68. The van der Waals surface area contributed by atoms with Crippen molar-refractivity contribution in [3.05, 3.63) is 0 Å². The number of aliphatic hydroxyl groups excluding tert-OH is 26. The van der Waals surface area contributed by atoms with Crippen molar-refractivity contribution >= 4 is 35.6 Å². The predicted molar refractivity (Wildman–Crippen MR) is 376 cm³/mol. The van der Waals surface area contributed by atoms with Crippen LogP contribution in [0.3, 0.4) is 0 Å². The summed E-state index contributed by atoms with van der Waals surface area (Å²) in [6.07, 6.45) is -93.7. The summed E-state index contributed by atoms with van der Waals surface area (Å²) in [5.74, 6) is -14.6. The van der Waals surface area contributed by atoms with E-state index in [1.165, 1.54) is 6.92 Å². The summed E-state index contributed by atoms with van der Waals surface area (Å²) in [5, 5.41) is 320. The molecular weight excluding hydrogens is 1690 g/mol. The zero-order chi connectivity index (χ0) is 91.4. The second-order valence-corrected chi connectivity index (χ2v) is 31.0. The maximum Gasteiger partial charge on any atom is 0.364 e. The fourth-order valence-electron chi connectivity index (χ4n) is 15.7. The Labute approximate surface area is 694 Å². The number of aliphatic carboxylic acids is 2. The van der Waals surface area contributed by atoms with E-state index in [1.54, 1.807) is 0 Å². The minimum absolute atomic E-state index is 0.857. The van der Waals surface area contributed by atoms with Crippen LogP contribution in [0.25, 0.3) is 0 Å². The third-order valence-electron chi connectivity index (χ3n) is 22.3. The minimum Gasteiger partial charge on any atom is -0.477 e. The molecule has 9 fully saturated rings. The van der Waals surface area contributed by atoms with Gasteiger partial charge >= 0.3 is 11.9 Å². The second kappa shape index (κ2) is 43.2. The van der Waals surface area contributed by atoms with Crippen LogP contribution in [0.2, 0.25) is 0 Å². The van der Waals surface area contributed by atoms with Gasteiger partial charge in [0, 0.05) is 40.5 Å². The van der Waals surface area contributed by atoms with Crippen molar-refractivity contribution in [2.75, 3.05) is 52.9 Å². The molecule has 0 radical (unpaired) electrons. The van der Waals surface area contributed by atoms with Crippen molar-refractivity contribution in [1.82, 2.24) is 21.3 Å². The largest absolute Gasteiger partial charge is 0.477 e. The molecule has 32 N–H and O–H groups in total. The SMILES string of the molecule is CC(=O)N[C@H]1[C@H](OC[C@H]2O[C@@H](O[C@H]3[C@H](O)[C@@H](O)C(O)O[C@@H]3CO)[C@H](O)[C@@H](O[C@@H]3O[C@H](CO)[C@@H](O)[C@H](O[C@@H]4O[C@H](CO[C@]5(C(=O)O)C[C@H](O)[C@@H](NC(C)=O)[C@H]([C@H](O)[C@H](O)CO)O5)[C@H](O)[C@H](O)[C@H]4O)[C@H]3NC(C)=O)[C@H]2O)O[C@H](CO)[C@@H](OC2O[C@H](CO)[C@H](O)[C@H](O[C@]3(C(=O)O)C[C@H](O)[C@@H](NC(C)=O)[C@H]([C@H](O)[C@H](O)CO)O3)[C@H]2O)[C@@H]1O[C@@H]1O[C@@H](C)[C@@H](O)[C@@H](O)[C@@H]1O.